The van der Waals surface area contributed by atoms with Gasteiger partial charge in [0.05, 0.1) is 11.0 Å². The molecule has 1 fully saturated rings. The molecule has 0 saturated carbocycles. The second-order valence-electron chi connectivity index (χ2n) is 4.97. The average Bonchev–Trinajstić information content (AvgIpc) is 2.46. The Morgan fingerprint density at radius 1 is 1.57 bits per heavy atom. The molecular weight excluding hydrogens is 276 g/mol. The van der Waals surface area contributed by atoms with Gasteiger partial charge in [-0.2, -0.15) is 0 Å². The van der Waals surface area contributed by atoms with E-state index in [9.17, 15) is 14.9 Å². The standard InChI is InChI=1S/C13H18N4O4/c1-8-5-9(3-4-21-8)16-13(18)10-6-12(14-2)15-7-11(10)17(19)20/h6-9H,3-5H2,1-2H3,(H,14,15)(H,16,18). The van der Waals surface area contributed by atoms with Gasteiger partial charge < -0.3 is 15.4 Å². The van der Waals surface area contributed by atoms with Crippen molar-refractivity contribution < 1.29 is 14.5 Å². The topological polar surface area (TPSA) is 106 Å². The fourth-order valence-corrected chi connectivity index (χ4v) is 2.30. The zero-order valence-corrected chi connectivity index (χ0v) is 12.0. The first kappa shape index (κ1) is 15.2. The summed E-state index contributed by atoms with van der Waals surface area (Å²) in [7, 11) is 1.63. The molecule has 1 aliphatic rings. The van der Waals surface area contributed by atoms with E-state index in [2.05, 4.69) is 15.6 Å². The highest BCUT2D eigenvalue weighted by Crippen LogP contribution is 2.21. The number of hydrogen-bond donors (Lipinski definition) is 2. The van der Waals surface area contributed by atoms with Crippen LogP contribution in [0.4, 0.5) is 11.5 Å². The summed E-state index contributed by atoms with van der Waals surface area (Å²) in [5, 5.41) is 16.6. The summed E-state index contributed by atoms with van der Waals surface area (Å²) in [5.41, 5.74) is -0.287. The van der Waals surface area contributed by atoms with E-state index in [1.807, 2.05) is 6.92 Å². The summed E-state index contributed by atoms with van der Waals surface area (Å²) >= 11 is 0. The highest BCUT2D eigenvalue weighted by Gasteiger charge is 2.26. The molecule has 1 amide bonds. The molecule has 1 aromatic rings. The maximum Gasteiger partial charge on any atom is 0.300 e. The van der Waals surface area contributed by atoms with Crippen LogP contribution < -0.4 is 10.6 Å². The molecule has 8 heteroatoms. The lowest BCUT2D eigenvalue weighted by atomic mass is 10.0. The highest BCUT2D eigenvalue weighted by molar-refractivity contribution is 5.98. The van der Waals surface area contributed by atoms with Crippen molar-refractivity contribution in [2.75, 3.05) is 19.0 Å². The minimum absolute atomic E-state index is 0.0125. The third kappa shape index (κ3) is 3.66. The third-order valence-electron chi connectivity index (χ3n) is 3.40. The lowest BCUT2D eigenvalue weighted by Crippen LogP contribution is -2.41. The van der Waals surface area contributed by atoms with Crippen molar-refractivity contribution in [2.45, 2.75) is 31.9 Å². The molecule has 2 unspecified atom stereocenters. The molecule has 1 saturated heterocycles. The summed E-state index contributed by atoms with van der Waals surface area (Å²) in [4.78, 5) is 26.6. The van der Waals surface area contributed by atoms with Crippen molar-refractivity contribution in [1.82, 2.24) is 10.3 Å². The molecular formula is C13H18N4O4. The van der Waals surface area contributed by atoms with Crippen molar-refractivity contribution in [3.05, 3.63) is 27.9 Å². The van der Waals surface area contributed by atoms with Crippen molar-refractivity contribution in [3.63, 3.8) is 0 Å². The molecule has 1 aromatic heterocycles. The average molecular weight is 294 g/mol. The Morgan fingerprint density at radius 2 is 2.33 bits per heavy atom. The Labute approximate surface area is 122 Å². The maximum atomic E-state index is 12.3. The number of nitro groups is 1. The smallest absolute Gasteiger partial charge is 0.300 e. The van der Waals surface area contributed by atoms with Gasteiger partial charge in [-0.3, -0.25) is 14.9 Å². The number of anilines is 1. The van der Waals surface area contributed by atoms with Gasteiger partial charge in [-0.15, -0.1) is 0 Å². The number of nitrogens with one attached hydrogen (secondary N) is 2. The van der Waals surface area contributed by atoms with E-state index in [1.165, 1.54) is 6.07 Å². The number of aromatic nitrogens is 1. The normalized spacial score (nSPS) is 21.6. The van der Waals surface area contributed by atoms with Crippen LogP contribution in [0.15, 0.2) is 12.3 Å². The summed E-state index contributed by atoms with van der Waals surface area (Å²) in [6.45, 7) is 2.51. The van der Waals surface area contributed by atoms with Gasteiger partial charge in [-0.05, 0) is 19.8 Å². The lowest BCUT2D eigenvalue weighted by molar-refractivity contribution is -0.385. The zero-order valence-electron chi connectivity index (χ0n) is 12.0. The Balaban J connectivity index is 2.19. The van der Waals surface area contributed by atoms with Crippen LogP contribution in [0.2, 0.25) is 0 Å². The number of carbonyl (C=O) groups excluding carboxylic acids is 1. The summed E-state index contributed by atoms with van der Waals surface area (Å²) < 4.78 is 5.41. The first-order valence-electron chi connectivity index (χ1n) is 6.76. The molecule has 21 heavy (non-hydrogen) atoms. The van der Waals surface area contributed by atoms with Gasteiger partial charge in [0.25, 0.3) is 11.6 Å². The number of pyridine rings is 1. The van der Waals surface area contributed by atoms with Gasteiger partial charge in [-0.25, -0.2) is 4.98 Å². The molecule has 0 aromatic carbocycles. The van der Waals surface area contributed by atoms with Gasteiger partial charge in [-0.1, -0.05) is 0 Å². The van der Waals surface area contributed by atoms with E-state index in [1.54, 1.807) is 7.05 Å². The molecule has 0 aliphatic carbocycles. The number of carbonyl (C=O) groups is 1. The third-order valence-corrected chi connectivity index (χ3v) is 3.40. The Hall–Kier alpha value is -2.22. The molecule has 2 heterocycles. The lowest BCUT2D eigenvalue weighted by Gasteiger charge is -2.27. The first-order chi connectivity index (χ1) is 10.0. The minimum atomic E-state index is -0.603. The fourth-order valence-electron chi connectivity index (χ4n) is 2.30. The fraction of sp³-hybridized carbons (Fsp3) is 0.538. The van der Waals surface area contributed by atoms with E-state index in [0.717, 1.165) is 6.20 Å². The van der Waals surface area contributed by atoms with E-state index < -0.39 is 10.8 Å². The second-order valence-corrected chi connectivity index (χ2v) is 4.97. The van der Waals surface area contributed by atoms with E-state index >= 15 is 0 Å². The van der Waals surface area contributed by atoms with Crippen LogP contribution in [0.25, 0.3) is 0 Å². The molecule has 0 radical (unpaired) electrons. The van der Waals surface area contributed by atoms with Gasteiger partial charge in [0.2, 0.25) is 0 Å². The van der Waals surface area contributed by atoms with Crippen molar-refractivity contribution in [2.24, 2.45) is 0 Å². The maximum absolute atomic E-state index is 12.3. The molecule has 2 rings (SSSR count). The number of nitrogens with zero attached hydrogens (tertiary/aromatic N) is 2. The Bertz CT molecular complexity index is 549. The van der Waals surface area contributed by atoms with Crippen molar-refractivity contribution in [3.8, 4) is 0 Å². The van der Waals surface area contributed by atoms with E-state index in [0.29, 0.717) is 25.3 Å². The van der Waals surface area contributed by atoms with Gasteiger partial charge in [0.1, 0.15) is 17.6 Å². The monoisotopic (exact) mass is 294 g/mol. The molecule has 8 nitrogen and oxygen atoms in total. The SMILES string of the molecule is CNc1cc(C(=O)NC2CCOC(C)C2)c([N+](=O)[O-])cn1. The van der Waals surface area contributed by atoms with E-state index in [4.69, 9.17) is 4.74 Å². The summed E-state index contributed by atoms with van der Waals surface area (Å²) in [6.07, 6.45) is 2.56. The molecule has 114 valence electrons. The van der Waals surface area contributed by atoms with Crippen LogP contribution >= 0.6 is 0 Å². The van der Waals surface area contributed by atoms with Crippen molar-refractivity contribution >= 4 is 17.4 Å². The predicted octanol–water partition coefficient (Wildman–Crippen LogP) is 1.33. The van der Waals surface area contributed by atoms with Crippen LogP contribution in [0.5, 0.6) is 0 Å². The zero-order chi connectivity index (χ0) is 15.4. The summed E-state index contributed by atoms with van der Waals surface area (Å²) in [6, 6.07) is 1.35. The van der Waals surface area contributed by atoms with Crippen LogP contribution in [0.3, 0.4) is 0 Å². The second kappa shape index (κ2) is 6.49. The molecule has 2 N–H and O–H groups in total. The number of ether oxygens (including phenoxy) is 1. The van der Waals surface area contributed by atoms with Crippen LogP contribution in [0, 0.1) is 10.1 Å². The van der Waals surface area contributed by atoms with Crippen LogP contribution in [0.1, 0.15) is 30.1 Å². The molecule has 0 spiro atoms. The number of hydrogen-bond acceptors (Lipinski definition) is 6. The molecule has 2 atom stereocenters. The quantitative estimate of drug-likeness (QED) is 0.641. The van der Waals surface area contributed by atoms with E-state index in [-0.39, 0.29) is 23.4 Å². The van der Waals surface area contributed by atoms with Gasteiger partial charge in [0, 0.05) is 25.8 Å². The predicted molar refractivity (Wildman–Crippen MR) is 76.3 cm³/mol. The Kier molecular flexibility index (Phi) is 4.69. The first-order valence-corrected chi connectivity index (χ1v) is 6.76. The number of rotatable bonds is 4. The molecule has 1 aliphatic heterocycles. The van der Waals surface area contributed by atoms with Crippen LogP contribution in [-0.4, -0.2) is 41.6 Å². The van der Waals surface area contributed by atoms with Gasteiger partial charge >= 0.3 is 0 Å². The Morgan fingerprint density at radius 3 is 2.95 bits per heavy atom. The highest BCUT2D eigenvalue weighted by atomic mass is 16.6. The molecule has 0 bridgehead atoms. The number of amides is 1. The van der Waals surface area contributed by atoms with Crippen molar-refractivity contribution in [1.29, 1.82) is 0 Å². The van der Waals surface area contributed by atoms with Gasteiger partial charge in [0.15, 0.2) is 0 Å². The summed E-state index contributed by atoms with van der Waals surface area (Å²) in [5.74, 6) is -0.0502. The minimum Gasteiger partial charge on any atom is -0.378 e. The van der Waals surface area contributed by atoms with Crippen LogP contribution in [-0.2, 0) is 4.74 Å². The largest absolute Gasteiger partial charge is 0.378 e.